The second-order valence-electron chi connectivity index (χ2n) is 4.39. The molecular weight excluding hydrogens is 273 g/mol. The van der Waals surface area contributed by atoms with Gasteiger partial charge >= 0.3 is 0 Å². The van der Waals surface area contributed by atoms with Crippen LogP contribution in [-0.4, -0.2) is 39.5 Å². The molecule has 3 nitrogen and oxygen atoms in total. The minimum atomic E-state index is 0.609. The van der Waals surface area contributed by atoms with Gasteiger partial charge in [-0.2, -0.15) is 0 Å². The molecule has 0 aromatic heterocycles. The van der Waals surface area contributed by atoms with E-state index in [4.69, 9.17) is 32.7 Å². The summed E-state index contributed by atoms with van der Waals surface area (Å²) in [5.74, 6) is 0.668. The summed E-state index contributed by atoms with van der Waals surface area (Å²) < 4.78 is 11.0. The lowest BCUT2D eigenvalue weighted by Gasteiger charge is -2.23. The molecule has 1 heterocycles. The first-order chi connectivity index (χ1) is 8.75. The van der Waals surface area contributed by atoms with Crippen LogP contribution in [0.15, 0.2) is 18.2 Å². The van der Waals surface area contributed by atoms with Gasteiger partial charge < -0.3 is 14.4 Å². The van der Waals surface area contributed by atoms with E-state index in [1.54, 1.807) is 23.1 Å². The van der Waals surface area contributed by atoms with Gasteiger partial charge in [-0.05, 0) is 12.1 Å². The van der Waals surface area contributed by atoms with Crippen molar-refractivity contribution in [1.82, 2.24) is 0 Å². The van der Waals surface area contributed by atoms with Gasteiger partial charge in [0.15, 0.2) is 0 Å². The molecule has 5 heteroatoms. The Kier molecular flexibility index (Phi) is 5.57. The van der Waals surface area contributed by atoms with Crippen LogP contribution >= 0.6 is 23.2 Å². The van der Waals surface area contributed by atoms with Gasteiger partial charge in [0.2, 0.25) is 0 Å². The molecule has 100 valence electrons. The van der Waals surface area contributed by atoms with E-state index in [1.807, 2.05) is 0 Å². The normalized spacial score (nSPS) is 16.8. The summed E-state index contributed by atoms with van der Waals surface area (Å²) in [5, 5.41) is 1.26. The number of rotatable bonds is 5. The Morgan fingerprint density at radius 1 is 1.22 bits per heavy atom. The fourth-order valence-electron chi connectivity index (χ4n) is 2.00. The molecule has 1 saturated heterocycles. The first kappa shape index (κ1) is 13.9. The minimum absolute atomic E-state index is 0.609. The molecule has 0 aliphatic carbocycles. The molecule has 1 aliphatic heterocycles. The van der Waals surface area contributed by atoms with Gasteiger partial charge in [0.05, 0.1) is 31.4 Å². The van der Waals surface area contributed by atoms with Crippen molar-refractivity contribution < 1.29 is 14.4 Å². The molecule has 0 bridgehead atoms. The van der Waals surface area contributed by atoms with Crippen molar-refractivity contribution in [1.29, 1.82) is 0 Å². The maximum atomic E-state index is 6.02. The van der Waals surface area contributed by atoms with Gasteiger partial charge in [-0.15, -0.1) is 0 Å². The molecule has 1 aliphatic rings. The van der Waals surface area contributed by atoms with E-state index in [1.165, 1.54) is 0 Å². The van der Waals surface area contributed by atoms with Gasteiger partial charge in [0.1, 0.15) is 18.8 Å². The molecule has 18 heavy (non-hydrogen) atoms. The molecule has 1 aromatic carbocycles. The Morgan fingerprint density at radius 2 is 2.00 bits per heavy atom. The number of quaternary nitrogens is 1. The number of ether oxygens (including phenoxy) is 2. The van der Waals surface area contributed by atoms with Crippen molar-refractivity contribution in [3.8, 4) is 5.75 Å². The highest BCUT2D eigenvalue weighted by Gasteiger charge is 2.13. The van der Waals surface area contributed by atoms with E-state index in [0.29, 0.717) is 22.4 Å². The smallest absolute Gasteiger partial charge is 0.139 e. The third-order valence-electron chi connectivity index (χ3n) is 3.03. The Labute approximate surface area is 118 Å². The zero-order valence-electron chi connectivity index (χ0n) is 10.3. The lowest BCUT2D eigenvalue weighted by molar-refractivity contribution is -0.908. The summed E-state index contributed by atoms with van der Waals surface area (Å²) in [7, 11) is 0. The van der Waals surface area contributed by atoms with Gasteiger partial charge in [0, 0.05) is 17.5 Å². The van der Waals surface area contributed by atoms with Crippen LogP contribution < -0.4 is 9.64 Å². The van der Waals surface area contributed by atoms with Crippen LogP contribution in [-0.2, 0) is 4.74 Å². The summed E-state index contributed by atoms with van der Waals surface area (Å²) >= 11 is 11.9. The van der Waals surface area contributed by atoms with Crippen molar-refractivity contribution in [2.24, 2.45) is 0 Å². The molecule has 1 N–H and O–H groups in total. The average molecular weight is 291 g/mol. The number of nitrogens with one attached hydrogen (secondary N) is 1. The topological polar surface area (TPSA) is 22.9 Å². The monoisotopic (exact) mass is 290 g/mol. The Balaban J connectivity index is 1.69. The molecule has 0 unspecified atom stereocenters. The minimum Gasteiger partial charge on any atom is -0.492 e. The zero-order valence-corrected chi connectivity index (χ0v) is 11.8. The Morgan fingerprint density at radius 3 is 2.78 bits per heavy atom. The summed E-state index contributed by atoms with van der Waals surface area (Å²) in [4.78, 5) is 1.59. The zero-order chi connectivity index (χ0) is 12.8. The Hall–Kier alpha value is -0.480. The highest BCUT2D eigenvalue weighted by Crippen LogP contribution is 2.27. The summed E-state index contributed by atoms with van der Waals surface area (Å²) in [6.07, 6.45) is 1.01. The molecule has 0 saturated carbocycles. The lowest BCUT2D eigenvalue weighted by Crippen LogP contribution is -3.14. The fraction of sp³-hybridized carbons (Fsp3) is 0.538. The van der Waals surface area contributed by atoms with Crippen LogP contribution in [0.5, 0.6) is 5.75 Å². The van der Waals surface area contributed by atoms with E-state index in [0.717, 1.165) is 39.3 Å². The number of benzene rings is 1. The van der Waals surface area contributed by atoms with Crippen molar-refractivity contribution in [2.45, 2.75) is 6.42 Å². The first-order valence-electron chi connectivity index (χ1n) is 6.25. The largest absolute Gasteiger partial charge is 0.492 e. The molecule has 0 atom stereocenters. The molecule has 0 spiro atoms. The predicted molar refractivity (Wildman–Crippen MR) is 73.0 cm³/mol. The standard InChI is InChI=1S/C13H17Cl2NO2/c14-11-2-3-12(15)13(10-11)18-7-1-4-16-5-8-17-9-6-16/h2-3,10H,1,4-9H2/p+1. The van der Waals surface area contributed by atoms with Crippen LogP contribution in [0.4, 0.5) is 0 Å². The van der Waals surface area contributed by atoms with E-state index in [2.05, 4.69) is 0 Å². The number of hydrogen-bond acceptors (Lipinski definition) is 2. The quantitative estimate of drug-likeness (QED) is 0.834. The summed E-state index contributed by atoms with van der Waals surface area (Å²) in [6, 6.07) is 5.27. The van der Waals surface area contributed by atoms with Crippen LogP contribution in [0.2, 0.25) is 10.0 Å². The highest BCUT2D eigenvalue weighted by atomic mass is 35.5. The second-order valence-corrected chi connectivity index (χ2v) is 5.23. The van der Waals surface area contributed by atoms with Gasteiger partial charge in [-0.25, -0.2) is 0 Å². The molecule has 1 fully saturated rings. The average Bonchev–Trinajstić information content (AvgIpc) is 2.40. The van der Waals surface area contributed by atoms with E-state index < -0.39 is 0 Å². The highest BCUT2D eigenvalue weighted by molar-refractivity contribution is 6.34. The summed E-state index contributed by atoms with van der Waals surface area (Å²) in [6.45, 7) is 5.72. The predicted octanol–water partition coefficient (Wildman–Crippen LogP) is 1.68. The van der Waals surface area contributed by atoms with Crippen molar-refractivity contribution in [3.05, 3.63) is 28.2 Å². The number of halogens is 2. The van der Waals surface area contributed by atoms with E-state index in [9.17, 15) is 0 Å². The first-order valence-corrected chi connectivity index (χ1v) is 7.00. The van der Waals surface area contributed by atoms with Gasteiger partial charge in [-0.1, -0.05) is 23.2 Å². The van der Waals surface area contributed by atoms with Crippen LogP contribution in [0.3, 0.4) is 0 Å². The maximum absolute atomic E-state index is 6.02. The van der Waals surface area contributed by atoms with Crippen LogP contribution in [0.25, 0.3) is 0 Å². The molecule has 1 aromatic rings. The van der Waals surface area contributed by atoms with Crippen molar-refractivity contribution in [2.75, 3.05) is 39.5 Å². The van der Waals surface area contributed by atoms with Gasteiger partial charge in [0.25, 0.3) is 0 Å². The van der Waals surface area contributed by atoms with E-state index in [-0.39, 0.29) is 0 Å². The second kappa shape index (κ2) is 7.19. The van der Waals surface area contributed by atoms with Crippen molar-refractivity contribution >= 4 is 23.2 Å². The summed E-state index contributed by atoms with van der Waals surface area (Å²) in [5.41, 5.74) is 0. The SMILES string of the molecule is Clc1ccc(Cl)c(OCCC[NH+]2CCOCC2)c1. The van der Waals surface area contributed by atoms with Gasteiger partial charge in [-0.3, -0.25) is 0 Å². The third-order valence-corrected chi connectivity index (χ3v) is 3.57. The lowest BCUT2D eigenvalue weighted by atomic mass is 10.3. The maximum Gasteiger partial charge on any atom is 0.139 e. The third kappa shape index (κ3) is 4.32. The number of morpholine rings is 1. The molecular formula is C13H18Cl2NO2+. The van der Waals surface area contributed by atoms with E-state index >= 15 is 0 Å². The molecule has 0 radical (unpaired) electrons. The Bertz CT molecular complexity index is 381. The molecule has 0 amide bonds. The fourth-order valence-corrected chi connectivity index (χ4v) is 2.34. The molecule has 2 rings (SSSR count). The van der Waals surface area contributed by atoms with Crippen LogP contribution in [0.1, 0.15) is 6.42 Å². The van der Waals surface area contributed by atoms with Crippen LogP contribution in [0, 0.1) is 0 Å². The van der Waals surface area contributed by atoms with Crippen molar-refractivity contribution in [3.63, 3.8) is 0 Å². The number of hydrogen-bond donors (Lipinski definition) is 1.